The third kappa shape index (κ3) is 2.45. The first-order valence-corrected chi connectivity index (χ1v) is 6.43. The second kappa shape index (κ2) is 4.77. The SMILES string of the molecule is O=C(c1ccc2nccnc2c1)N1CCC(F)(F)CC1. The van der Waals surface area contributed by atoms with Crippen molar-refractivity contribution >= 4 is 16.9 Å². The number of benzene rings is 1. The average Bonchev–Trinajstić information content (AvgIpc) is 2.46. The van der Waals surface area contributed by atoms with Crippen molar-refractivity contribution in [1.82, 2.24) is 14.9 Å². The number of carbonyl (C=O) groups excluding carboxylic acids is 1. The number of amides is 1. The Balaban J connectivity index is 1.82. The molecule has 104 valence electrons. The van der Waals surface area contributed by atoms with Gasteiger partial charge in [0, 0.05) is 43.9 Å². The number of likely N-dealkylation sites (tertiary alicyclic amines) is 1. The second-order valence-electron chi connectivity index (χ2n) is 4.91. The molecule has 6 heteroatoms. The summed E-state index contributed by atoms with van der Waals surface area (Å²) in [6.07, 6.45) is 2.59. The van der Waals surface area contributed by atoms with E-state index >= 15 is 0 Å². The summed E-state index contributed by atoms with van der Waals surface area (Å²) in [6.45, 7) is 0.175. The highest BCUT2D eigenvalue weighted by molar-refractivity contribution is 5.97. The Kier molecular flexibility index (Phi) is 3.08. The molecule has 1 aromatic heterocycles. The number of rotatable bonds is 1. The predicted octanol–water partition coefficient (Wildman–Crippen LogP) is 2.50. The number of piperidine rings is 1. The van der Waals surface area contributed by atoms with Gasteiger partial charge in [0.2, 0.25) is 0 Å². The second-order valence-corrected chi connectivity index (χ2v) is 4.91. The number of halogens is 2. The molecule has 1 fully saturated rings. The number of hydrogen-bond acceptors (Lipinski definition) is 3. The molecule has 0 radical (unpaired) electrons. The highest BCUT2D eigenvalue weighted by Gasteiger charge is 2.35. The molecule has 1 aliphatic rings. The van der Waals surface area contributed by atoms with E-state index in [4.69, 9.17) is 0 Å². The minimum absolute atomic E-state index is 0.0876. The zero-order chi connectivity index (χ0) is 14.2. The van der Waals surface area contributed by atoms with Gasteiger partial charge in [-0.15, -0.1) is 0 Å². The standard InChI is InChI=1S/C14H13F2N3O/c15-14(16)3-7-19(8-4-14)13(20)10-1-2-11-12(9-10)18-6-5-17-11/h1-2,5-6,9H,3-4,7-8H2. The van der Waals surface area contributed by atoms with Gasteiger partial charge in [-0.05, 0) is 18.2 Å². The molecule has 2 aromatic rings. The molecule has 0 bridgehead atoms. The van der Waals surface area contributed by atoms with Crippen LogP contribution in [-0.4, -0.2) is 39.8 Å². The molecule has 0 N–H and O–H groups in total. The van der Waals surface area contributed by atoms with Gasteiger partial charge in [0.15, 0.2) is 0 Å². The molecule has 4 nitrogen and oxygen atoms in total. The molecule has 2 heterocycles. The fraction of sp³-hybridized carbons (Fsp3) is 0.357. The third-order valence-corrected chi connectivity index (χ3v) is 3.50. The van der Waals surface area contributed by atoms with Crippen LogP contribution >= 0.6 is 0 Å². The molecule has 0 spiro atoms. The highest BCUT2D eigenvalue weighted by Crippen LogP contribution is 2.28. The Morgan fingerprint density at radius 2 is 1.75 bits per heavy atom. The zero-order valence-electron chi connectivity index (χ0n) is 10.7. The molecular weight excluding hydrogens is 264 g/mol. The minimum atomic E-state index is -2.65. The summed E-state index contributed by atoms with van der Waals surface area (Å²) in [5, 5.41) is 0. The van der Waals surface area contributed by atoms with Gasteiger partial charge in [-0.1, -0.05) is 0 Å². The van der Waals surface area contributed by atoms with Crippen LogP contribution < -0.4 is 0 Å². The van der Waals surface area contributed by atoms with E-state index in [0.29, 0.717) is 16.6 Å². The van der Waals surface area contributed by atoms with Crippen LogP contribution in [0.25, 0.3) is 11.0 Å². The van der Waals surface area contributed by atoms with E-state index in [1.165, 1.54) is 4.90 Å². The molecule has 0 atom stereocenters. The van der Waals surface area contributed by atoms with E-state index < -0.39 is 5.92 Å². The summed E-state index contributed by atoms with van der Waals surface area (Å²) in [4.78, 5) is 22.0. The number of fused-ring (bicyclic) bond motifs is 1. The quantitative estimate of drug-likeness (QED) is 0.804. The van der Waals surface area contributed by atoms with Gasteiger partial charge >= 0.3 is 0 Å². The van der Waals surface area contributed by atoms with E-state index in [0.717, 1.165) is 0 Å². The first kappa shape index (κ1) is 12.9. The van der Waals surface area contributed by atoms with Crippen molar-refractivity contribution in [3.05, 3.63) is 36.2 Å². The molecule has 20 heavy (non-hydrogen) atoms. The molecule has 1 aliphatic heterocycles. The lowest BCUT2D eigenvalue weighted by Gasteiger charge is -2.31. The summed E-state index contributed by atoms with van der Waals surface area (Å²) in [5.74, 6) is -2.88. The van der Waals surface area contributed by atoms with Crippen LogP contribution in [0.4, 0.5) is 8.78 Å². The van der Waals surface area contributed by atoms with Crippen molar-refractivity contribution in [2.45, 2.75) is 18.8 Å². The highest BCUT2D eigenvalue weighted by atomic mass is 19.3. The Hall–Kier alpha value is -2.11. The Morgan fingerprint density at radius 3 is 2.45 bits per heavy atom. The maximum atomic E-state index is 13.1. The molecule has 3 rings (SSSR count). The monoisotopic (exact) mass is 277 g/mol. The van der Waals surface area contributed by atoms with Crippen LogP contribution in [0.5, 0.6) is 0 Å². The Morgan fingerprint density at radius 1 is 1.10 bits per heavy atom. The smallest absolute Gasteiger partial charge is 0.253 e. The maximum Gasteiger partial charge on any atom is 0.253 e. The molecular formula is C14H13F2N3O. The normalized spacial score (nSPS) is 18.2. The van der Waals surface area contributed by atoms with Gasteiger partial charge in [-0.3, -0.25) is 14.8 Å². The Bertz CT molecular complexity index is 650. The fourth-order valence-corrected chi connectivity index (χ4v) is 2.32. The van der Waals surface area contributed by atoms with Crippen molar-refractivity contribution in [1.29, 1.82) is 0 Å². The first-order valence-electron chi connectivity index (χ1n) is 6.43. The lowest BCUT2D eigenvalue weighted by Crippen LogP contribution is -2.42. The number of nitrogens with zero attached hydrogens (tertiary/aromatic N) is 3. The van der Waals surface area contributed by atoms with Crippen LogP contribution in [0.3, 0.4) is 0 Å². The van der Waals surface area contributed by atoms with Gasteiger partial charge in [0.1, 0.15) is 0 Å². The largest absolute Gasteiger partial charge is 0.338 e. The van der Waals surface area contributed by atoms with Crippen molar-refractivity contribution in [3.63, 3.8) is 0 Å². The van der Waals surface area contributed by atoms with Gasteiger partial charge < -0.3 is 4.90 Å². The summed E-state index contributed by atoms with van der Waals surface area (Å²) < 4.78 is 26.2. The van der Waals surface area contributed by atoms with Crippen molar-refractivity contribution in [2.75, 3.05) is 13.1 Å². The van der Waals surface area contributed by atoms with E-state index in [1.807, 2.05) is 0 Å². The van der Waals surface area contributed by atoms with Gasteiger partial charge in [-0.25, -0.2) is 8.78 Å². The van der Waals surface area contributed by atoms with Gasteiger partial charge in [0.25, 0.3) is 11.8 Å². The van der Waals surface area contributed by atoms with Gasteiger partial charge in [0.05, 0.1) is 11.0 Å². The Labute approximate surface area is 114 Å². The third-order valence-electron chi connectivity index (χ3n) is 3.50. The molecule has 0 aliphatic carbocycles. The number of alkyl halides is 2. The number of carbonyl (C=O) groups is 1. The van der Waals surface area contributed by atoms with Crippen LogP contribution in [0, 0.1) is 0 Å². The molecule has 1 amide bonds. The molecule has 1 saturated heterocycles. The van der Waals surface area contributed by atoms with Crippen LogP contribution in [0.2, 0.25) is 0 Å². The molecule has 0 saturated carbocycles. The van der Waals surface area contributed by atoms with Crippen molar-refractivity contribution in [2.24, 2.45) is 0 Å². The van der Waals surface area contributed by atoms with E-state index in [2.05, 4.69) is 9.97 Å². The number of aromatic nitrogens is 2. The topological polar surface area (TPSA) is 46.1 Å². The zero-order valence-corrected chi connectivity index (χ0v) is 10.7. The van der Waals surface area contributed by atoms with Crippen LogP contribution in [0.15, 0.2) is 30.6 Å². The molecule has 1 aromatic carbocycles. The van der Waals surface area contributed by atoms with E-state index in [9.17, 15) is 13.6 Å². The number of hydrogen-bond donors (Lipinski definition) is 0. The summed E-state index contributed by atoms with van der Waals surface area (Å²) in [6, 6.07) is 5.03. The van der Waals surface area contributed by atoms with E-state index in [-0.39, 0.29) is 31.8 Å². The fourth-order valence-electron chi connectivity index (χ4n) is 2.32. The maximum absolute atomic E-state index is 13.1. The predicted molar refractivity (Wildman–Crippen MR) is 69.6 cm³/mol. The molecule has 0 unspecified atom stereocenters. The minimum Gasteiger partial charge on any atom is -0.338 e. The van der Waals surface area contributed by atoms with Crippen molar-refractivity contribution < 1.29 is 13.6 Å². The van der Waals surface area contributed by atoms with Crippen LogP contribution in [-0.2, 0) is 0 Å². The first-order chi connectivity index (χ1) is 9.55. The van der Waals surface area contributed by atoms with E-state index in [1.54, 1.807) is 30.6 Å². The van der Waals surface area contributed by atoms with Gasteiger partial charge in [-0.2, -0.15) is 0 Å². The van der Waals surface area contributed by atoms with Crippen LogP contribution in [0.1, 0.15) is 23.2 Å². The summed E-state index contributed by atoms with van der Waals surface area (Å²) in [5.41, 5.74) is 1.79. The van der Waals surface area contributed by atoms with Crippen molar-refractivity contribution in [3.8, 4) is 0 Å². The summed E-state index contributed by atoms with van der Waals surface area (Å²) >= 11 is 0. The summed E-state index contributed by atoms with van der Waals surface area (Å²) in [7, 11) is 0. The average molecular weight is 277 g/mol. The lowest BCUT2D eigenvalue weighted by atomic mass is 10.1. The lowest BCUT2D eigenvalue weighted by molar-refractivity contribution is -0.0494.